The van der Waals surface area contributed by atoms with Gasteiger partial charge in [-0.05, 0) is 30.6 Å². The second-order valence-electron chi connectivity index (χ2n) is 5.17. The van der Waals surface area contributed by atoms with E-state index in [1.54, 1.807) is 0 Å². The summed E-state index contributed by atoms with van der Waals surface area (Å²) in [5.41, 5.74) is 0.719. The standard InChI is InChI=1S/C11H20IN/c1-10-7-11(9-13(12)8-10)5-3-2-4-6-11/h10H,2-9H2,1H3. The third-order valence-electron chi connectivity index (χ3n) is 3.71. The lowest BCUT2D eigenvalue weighted by atomic mass is 9.67. The van der Waals surface area contributed by atoms with Gasteiger partial charge in [0.2, 0.25) is 0 Å². The minimum Gasteiger partial charge on any atom is -0.247 e. The first-order valence-corrected chi connectivity index (χ1v) is 6.57. The smallest absolute Gasteiger partial charge is 0.0201 e. The minimum absolute atomic E-state index is 0.719. The molecule has 1 saturated carbocycles. The summed E-state index contributed by atoms with van der Waals surface area (Å²) >= 11 is 2.52. The molecule has 0 radical (unpaired) electrons. The molecule has 2 fully saturated rings. The van der Waals surface area contributed by atoms with E-state index in [-0.39, 0.29) is 0 Å². The Morgan fingerprint density at radius 1 is 1.23 bits per heavy atom. The van der Waals surface area contributed by atoms with Crippen molar-refractivity contribution in [2.24, 2.45) is 11.3 Å². The number of halogens is 1. The predicted molar refractivity (Wildman–Crippen MR) is 64.9 cm³/mol. The second-order valence-corrected chi connectivity index (χ2v) is 6.54. The highest BCUT2D eigenvalue weighted by Crippen LogP contribution is 2.45. The monoisotopic (exact) mass is 293 g/mol. The van der Waals surface area contributed by atoms with Gasteiger partial charge in [0.25, 0.3) is 0 Å². The average molecular weight is 293 g/mol. The highest BCUT2D eigenvalue weighted by atomic mass is 127. The molecule has 0 N–H and O–H groups in total. The van der Waals surface area contributed by atoms with Crippen LogP contribution in [0.2, 0.25) is 0 Å². The van der Waals surface area contributed by atoms with E-state index < -0.39 is 0 Å². The maximum atomic E-state index is 2.53. The number of rotatable bonds is 0. The van der Waals surface area contributed by atoms with Crippen LogP contribution in [0.1, 0.15) is 45.4 Å². The van der Waals surface area contributed by atoms with Gasteiger partial charge in [-0.15, -0.1) is 0 Å². The van der Waals surface area contributed by atoms with Crippen LogP contribution in [0.5, 0.6) is 0 Å². The maximum Gasteiger partial charge on any atom is 0.0201 e. The lowest BCUT2D eigenvalue weighted by molar-refractivity contribution is 0.0787. The summed E-state index contributed by atoms with van der Waals surface area (Å²) in [6, 6.07) is 0. The summed E-state index contributed by atoms with van der Waals surface area (Å²) < 4.78 is 2.53. The number of hydrogen-bond acceptors (Lipinski definition) is 1. The summed E-state index contributed by atoms with van der Waals surface area (Å²) in [6.45, 7) is 5.08. The van der Waals surface area contributed by atoms with Crippen LogP contribution in [0, 0.1) is 11.3 Å². The molecule has 1 atom stereocenters. The van der Waals surface area contributed by atoms with Gasteiger partial charge in [-0.25, -0.2) is 3.11 Å². The first-order valence-electron chi connectivity index (χ1n) is 5.61. The van der Waals surface area contributed by atoms with Gasteiger partial charge in [-0.3, -0.25) is 0 Å². The molecule has 0 bridgehead atoms. The van der Waals surface area contributed by atoms with Crippen LogP contribution >= 0.6 is 22.9 Å². The molecular formula is C11H20IN. The van der Waals surface area contributed by atoms with Gasteiger partial charge >= 0.3 is 0 Å². The Morgan fingerprint density at radius 2 is 1.92 bits per heavy atom. The van der Waals surface area contributed by atoms with Crippen molar-refractivity contribution in [3.05, 3.63) is 0 Å². The van der Waals surface area contributed by atoms with Gasteiger partial charge in [0.05, 0.1) is 0 Å². The Balaban J connectivity index is 2.02. The van der Waals surface area contributed by atoms with Gasteiger partial charge in [0, 0.05) is 36.0 Å². The van der Waals surface area contributed by atoms with Gasteiger partial charge in [-0.2, -0.15) is 0 Å². The van der Waals surface area contributed by atoms with Crippen LogP contribution in [-0.2, 0) is 0 Å². The lowest BCUT2D eigenvalue weighted by Crippen LogP contribution is -2.43. The first kappa shape index (κ1) is 10.2. The van der Waals surface area contributed by atoms with Crippen LogP contribution < -0.4 is 0 Å². The Kier molecular flexibility index (Phi) is 3.18. The van der Waals surface area contributed by atoms with E-state index in [4.69, 9.17) is 0 Å². The van der Waals surface area contributed by atoms with E-state index in [2.05, 4.69) is 32.9 Å². The van der Waals surface area contributed by atoms with Crippen molar-refractivity contribution >= 4 is 22.9 Å². The summed E-state index contributed by atoms with van der Waals surface area (Å²) in [7, 11) is 0. The molecule has 1 aliphatic carbocycles. The molecule has 76 valence electrons. The molecule has 0 aromatic heterocycles. The first-order chi connectivity index (χ1) is 6.20. The third-order valence-corrected chi connectivity index (χ3v) is 4.45. The Bertz CT molecular complexity index is 163. The van der Waals surface area contributed by atoms with Gasteiger partial charge in [0.1, 0.15) is 0 Å². The topological polar surface area (TPSA) is 3.24 Å². The minimum atomic E-state index is 0.719. The van der Waals surface area contributed by atoms with Gasteiger partial charge in [0.15, 0.2) is 0 Å². The summed E-state index contributed by atoms with van der Waals surface area (Å²) in [5, 5.41) is 0. The van der Waals surface area contributed by atoms with Gasteiger partial charge < -0.3 is 0 Å². The molecule has 0 aromatic rings. The zero-order valence-corrected chi connectivity index (χ0v) is 10.7. The number of hydrogen-bond donors (Lipinski definition) is 0. The van der Waals surface area contributed by atoms with Crippen molar-refractivity contribution in [1.29, 1.82) is 0 Å². The van der Waals surface area contributed by atoms with E-state index in [9.17, 15) is 0 Å². The third kappa shape index (κ3) is 2.38. The molecule has 1 unspecified atom stereocenters. The molecule has 2 heteroatoms. The van der Waals surface area contributed by atoms with Crippen LogP contribution in [0.3, 0.4) is 0 Å². The fourth-order valence-corrected chi connectivity index (χ4v) is 4.70. The van der Waals surface area contributed by atoms with Crippen LogP contribution in [0.15, 0.2) is 0 Å². The van der Waals surface area contributed by atoms with Crippen molar-refractivity contribution in [2.75, 3.05) is 13.1 Å². The second kappa shape index (κ2) is 4.05. The number of nitrogens with zero attached hydrogens (tertiary/aromatic N) is 1. The molecule has 0 amide bonds. The van der Waals surface area contributed by atoms with Crippen molar-refractivity contribution in [2.45, 2.75) is 45.4 Å². The highest BCUT2D eigenvalue weighted by molar-refractivity contribution is 14.1. The van der Waals surface area contributed by atoms with Crippen molar-refractivity contribution in [1.82, 2.24) is 3.11 Å². The Hall–Kier alpha value is 0.690. The summed E-state index contributed by atoms with van der Waals surface area (Å²) in [6.07, 6.45) is 8.94. The average Bonchev–Trinajstić information content (AvgIpc) is 2.02. The molecule has 1 heterocycles. The fourth-order valence-electron chi connectivity index (χ4n) is 3.30. The van der Waals surface area contributed by atoms with E-state index in [1.165, 1.54) is 51.6 Å². The zero-order chi connectivity index (χ0) is 9.31. The predicted octanol–water partition coefficient (Wildman–Crippen LogP) is 3.63. The van der Waals surface area contributed by atoms with Gasteiger partial charge in [-0.1, -0.05) is 26.2 Å². The van der Waals surface area contributed by atoms with Crippen LogP contribution in [0.4, 0.5) is 0 Å². The fraction of sp³-hybridized carbons (Fsp3) is 1.00. The number of piperidine rings is 1. The lowest BCUT2D eigenvalue weighted by Gasteiger charge is -2.45. The van der Waals surface area contributed by atoms with E-state index in [0.717, 1.165) is 11.3 Å². The Labute approximate surface area is 95.8 Å². The van der Waals surface area contributed by atoms with Crippen molar-refractivity contribution in [3.8, 4) is 0 Å². The molecule has 2 rings (SSSR count). The Morgan fingerprint density at radius 3 is 2.54 bits per heavy atom. The van der Waals surface area contributed by atoms with E-state index in [0.29, 0.717) is 0 Å². The van der Waals surface area contributed by atoms with E-state index in [1.807, 2.05) is 0 Å². The molecule has 13 heavy (non-hydrogen) atoms. The molecule has 2 aliphatic rings. The quantitative estimate of drug-likeness (QED) is 0.487. The molecule has 1 aliphatic heterocycles. The molecule has 1 saturated heterocycles. The van der Waals surface area contributed by atoms with E-state index >= 15 is 0 Å². The van der Waals surface area contributed by atoms with Crippen molar-refractivity contribution in [3.63, 3.8) is 0 Å². The molecular weight excluding hydrogens is 273 g/mol. The largest absolute Gasteiger partial charge is 0.247 e. The van der Waals surface area contributed by atoms with Crippen molar-refractivity contribution < 1.29 is 0 Å². The molecule has 1 nitrogen and oxygen atoms in total. The molecule has 0 aromatic carbocycles. The summed E-state index contributed by atoms with van der Waals surface area (Å²) in [5.74, 6) is 0.920. The molecule has 1 spiro atoms. The zero-order valence-electron chi connectivity index (χ0n) is 8.56. The normalized spacial score (nSPS) is 35.1. The van der Waals surface area contributed by atoms with Crippen LogP contribution in [-0.4, -0.2) is 16.2 Å². The highest BCUT2D eigenvalue weighted by Gasteiger charge is 2.38. The SMILES string of the molecule is CC1CN(I)CC2(CCCCC2)C1. The summed E-state index contributed by atoms with van der Waals surface area (Å²) in [4.78, 5) is 0. The maximum absolute atomic E-state index is 2.53. The van der Waals surface area contributed by atoms with Crippen LogP contribution in [0.25, 0.3) is 0 Å².